The lowest BCUT2D eigenvalue weighted by Gasteiger charge is -2.11. The fourth-order valence-electron chi connectivity index (χ4n) is 1.83. The summed E-state index contributed by atoms with van der Waals surface area (Å²) in [4.78, 5) is 4.50. The Balaban J connectivity index is 2.20. The summed E-state index contributed by atoms with van der Waals surface area (Å²) in [5.74, 6) is 2.56. The third-order valence-electron chi connectivity index (χ3n) is 2.95. The lowest BCUT2D eigenvalue weighted by atomic mass is 9.95. The maximum atomic E-state index is 5.34. The molecule has 4 nitrogen and oxygen atoms in total. The van der Waals surface area contributed by atoms with Gasteiger partial charge in [-0.15, -0.1) is 0 Å². The van der Waals surface area contributed by atoms with Crippen molar-refractivity contribution in [2.45, 2.75) is 39.0 Å². The summed E-state index contributed by atoms with van der Waals surface area (Å²) in [5.41, 5.74) is -0.0307. The molecule has 2 atom stereocenters. The maximum Gasteiger partial charge on any atom is 0.231 e. The van der Waals surface area contributed by atoms with Crippen molar-refractivity contribution in [2.75, 3.05) is 13.1 Å². The summed E-state index contributed by atoms with van der Waals surface area (Å²) in [6, 6.07) is 0. The molecule has 0 saturated carbocycles. The Morgan fingerprint density at radius 1 is 1.33 bits per heavy atom. The minimum absolute atomic E-state index is 0.0307. The standard InChI is InChI=1S/C11H19N3O/c1-7-5-12-6-8(7)9-13-10(14-15-9)11(2,3)4/h7-8,12H,5-6H2,1-4H3. The van der Waals surface area contributed by atoms with E-state index in [0.29, 0.717) is 11.8 Å². The molecular weight excluding hydrogens is 190 g/mol. The van der Waals surface area contributed by atoms with Crippen LogP contribution >= 0.6 is 0 Å². The first-order chi connectivity index (χ1) is 6.98. The van der Waals surface area contributed by atoms with E-state index < -0.39 is 0 Å². The minimum atomic E-state index is -0.0307. The van der Waals surface area contributed by atoms with Crippen molar-refractivity contribution in [3.63, 3.8) is 0 Å². The molecule has 15 heavy (non-hydrogen) atoms. The highest BCUT2D eigenvalue weighted by Gasteiger charge is 2.31. The van der Waals surface area contributed by atoms with E-state index >= 15 is 0 Å². The van der Waals surface area contributed by atoms with Crippen molar-refractivity contribution in [1.29, 1.82) is 0 Å². The summed E-state index contributed by atoms with van der Waals surface area (Å²) in [6.45, 7) is 10.5. The smallest absolute Gasteiger partial charge is 0.231 e. The van der Waals surface area contributed by atoms with Gasteiger partial charge in [0.05, 0.1) is 5.92 Å². The van der Waals surface area contributed by atoms with E-state index in [1.165, 1.54) is 0 Å². The van der Waals surface area contributed by atoms with Crippen LogP contribution in [0.1, 0.15) is 45.3 Å². The first-order valence-corrected chi connectivity index (χ1v) is 5.53. The highest BCUT2D eigenvalue weighted by Crippen LogP contribution is 2.28. The first kappa shape index (κ1) is 10.6. The van der Waals surface area contributed by atoms with Gasteiger partial charge < -0.3 is 9.84 Å². The van der Waals surface area contributed by atoms with Crippen LogP contribution in [0.15, 0.2) is 4.52 Å². The zero-order valence-corrected chi connectivity index (χ0v) is 9.87. The molecule has 1 fully saturated rings. The van der Waals surface area contributed by atoms with Gasteiger partial charge in [-0.1, -0.05) is 32.9 Å². The average Bonchev–Trinajstić information content (AvgIpc) is 2.69. The molecule has 84 valence electrons. The Bertz CT molecular complexity index is 340. The summed E-state index contributed by atoms with van der Waals surface area (Å²) >= 11 is 0. The monoisotopic (exact) mass is 209 g/mol. The summed E-state index contributed by atoms with van der Waals surface area (Å²) in [5, 5.41) is 7.39. The second-order valence-corrected chi connectivity index (χ2v) is 5.45. The Morgan fingerprint density at radius 3 is 2.53 bits per heavy atom. The summed E-state index contributed by atoms with van der Waals surface area (Å²) in [6.07, 6.45) is 0. The molecular formula is C11H19N3O. The third-order valence-corrected chi connectivity index (χ3v) is 2.95. The molecule has 2 heterocycles. The predicted octanol–water partition coefficient (Wildman–Crippen LogP) is 1.69. The fourth-order valence-corrected chi connectivity index (χ4v) is 1.83. The zero-order chi connectivity index (χ0) is 11.1. The van der Waals surface area contributed by atoms with Gasteiger partial charge in [-0.3, -0.25) is 0 Å². The third kappa shape index (κ3) is 2.04. The van der Waals surface area contributed by atoms with Crippen LogP contribution < -0.4 is 5.32 Å². The van der Waals surface area contributed by atoms with Crippen LogP contribution in [0.5, 0.6) is 0 Å². The molecule has 0 radical (unpaired) electrons. The SMILES string of the molecule is CC1CNCC1c1nc(C(C)(C)C)no1. The van der Waals surface area contributed by atoms with Crippen LogP contribution in [0.25, 0.3) is 0 Å². The largest absolute Gasteiger partial charge is 0.339 e. The quantitative estimate of drug-likeness (QED) is 0.764. The Kier molecular flexibility index (Phi) is 2.54. The molecule has 4 heteroatoms. The molecule has 2 unspecified atom stereocenters. The molecule has 0 aromatic carbocycles. The second-order valence-electron chi connectivity index (χ2n) is 5.45. The van der Waals surface area contributed by atoms with Crippen molar-refractivity contribution in [3.05, 3.63) is 11.7 Å². The number of hydrogen-bond donors (Lipinski definition) is 1. The van der Waals surface area contributed by atoms with Gasteiger partial charge in [0.15, 0.2) is 5.82 Å². The molecule has 0 bridgehead atoms. The first-order valence-electron chi connectivity index (χ1n) is 5.53. The Hall–Kier alpha value is -0.900. The van der Waals surface area contributed by atoms with Gasteiger partial charge in [-0.2, -0.15) is 4.98 Å². The van der Waals surface area contributed by atoms with Gasteiger partial charge >= 0.3 is 0 Å². The number of nitrogens with one attached hydrogen (secondary N) is 1. The molecule has 1 aromatic rings. The van der Waals surface area contributed by atoms with Gasteiger partial charge in [0.1, 0.15) is 0 Å². The van der Waals surface area contributed by atoms with E-state index in [4.69, 9.17) is 4.52 Å². The Labute approximate surface area is 90.4 Å². The highest BCUT2D eigenvalue weighted by atomic mass is 16.5. The van der Waals surface area contributed by atoms with Crippen molar-refractivity contribution in [3.8, 4) is 0 Å². The maximum absolute atomic E-state index is 5.34. The number of nitrogens with zero attached hydrogens (tertiary/aromatic N) is 2. The molecule has 1 aliphatic heterocycles. The van der Waals surface area contributed by atoms with E-state index in [1.807, 2.05) is 0 Å². The van der Waals surface area contributed by atoms with E-state index in [9.17, 15) is 0 Å². The van der Waals surface area contributed by atoms with Gasteiger partial charge in [0.25, 0.3) is 0 Å². The minimum Gasteiger partial charge on any atom is -0.339 e. The predicted molar refractivity (Wildman–Crippen MR) is 57.8 cm³/mol. The lowest BCUT2D eigenvalue weighted by Crippen LogP contribution is -2.14. The normalized spacial score (nSPS) is 27.2. The fraction of sp³-hybridized carbons (Fsp3) is 0.818. The molecule has 0 spiro atoms. The molecule has 2 rings (SSSR count). The van der Waals surface area contributed by atoms with Gasteiger partial charge in [0.2, 0.25) is 5.89 Å². The molecule has 0 aliphatic carbocycles. The average molecular weight is 209 g/mol. The summed E-state index contributed by atoms with van der Waals surface area (Å²) < 4.78 is 5.34. The van der Waals surface area contributed by atoms with Crippen molar-refractivity contribution in [2.24, 2.45) is 5.92 Å². The van der Waals surface area contributed by atoms with E-state index in [2.05, 4.69) is 43.2 Å². The number of rotatable bonds is 1. The van der Waals surface area contributed by atoms with Gasteiger partial charge in [-0.05, 0) is 12.5 Å². The molecule has 1 aromatic heterocycles. The van der Waals surface area contributed by atoms with Crippen LogP contribution in [0, 0.1) is 5.92 Å². The molecule has 1 N–H and O–H groups in total. The summed E-state index contributed by atoms with van der Waals surface area (Å²) in [7, 11) is 0. The molecule has 0 amide bonds. The number of aromatic nitrogens is 2. The van der Waals surface area contributed by atoms with Gasteiger partial charge in [-0.25, -0.2) is 0 Å². The van der Waals surface area contributed by atoms with E-state index in [0.717, 1.165) is 24.8 Å². The van der Waals surface area contributed by atoms with E-state index in [-0.39, 0.29) is 5.41 Å². The van der Waals surface area contributed by atoms with Crippen LogP contribution in [-0.4, -0.2) is 23.2 Å². The van der Waals surface area contributed by atoms with Crippen molar-refractivity contribution in [1.82, 2.24) is 15.5 Å². The van der Waals surface area contributed by atoms with Crippen LogP contribution in [0.4, 0.5) is 0 Å². The lowest BCUT2D eigenvalue weighted by molar-refractivity contribution is 0.331. The van der Waals surface area contributed by atoms with Crippen LogP contribution in [0.2, 0.25) is 0 Å². The van der Waals surface area contributed by atoms with Crippen molar-refractivity contribution < 1.29 is 4.52 Å². The van der Waals surface area contributed by atoms with Gasteiger partial charge in [0, 0.05) is 12.0 Å². The highest BCUT2D eigenvalue weighted by molar-refractivity contribution is 5.05. The zero-order valence-electron chi connectivity index (χ0n) is 9.87. The molecule has 1 aliphatic rings. The van der Waals surface area contributed by atoms with Crippen molar-refractivity contribution >= 4 is 0 Å². The van der Waals surface area contributed by atoms with Crippen LogP contribution in [0.3, 0.4) is 0 Å². The Morgan fingerprint density at radius 2 is 2.07 bits per heavy atom. The molecule has 1 saturated heterocycles. The number of hydrogen-bond acceptors (Lipinski definition) is 4. The van der Waals surface area contributed by atoms with Crippen LogP contribution in [-0.2, 0) is 5.41 Å². The second kappa shape index (κ2) is 3.59. The topological polar surface area (TPSA) is 51.0 Å². The van der Waals surface area contributed by atoms with E-state index in [1.54, 1.807) is 0 Å².